The minimum absolute atomic E-state index is 0.0947. The van der Waals surface area contributed by atoms with E-state index in [9.17, 15) is 4.79 Å². The van der Waals surface area contributed by atoms with Crippen molar-refractivity contribution in [1.29, 1.82) is 0 Å². The molecule has 1 heterocycles. The second kappa shape index (κ2) is 8.43. The molecular weight excluding hydrogens is 361 g/mol. The molecule has 0 spiro atoms. The fourth-order valence-corrected chi connectivity index (χ4v) is 3.02. The van der Waals surface area contributed by atoms with Crippen molar-refractivity contribution in [2.75, 3.05) is 48.4 Å². The summed E-state index contributed by atoms with van der Waals surface area (Å²) in [6.07, 6.45) is 0. The Hall–Kier alpha value is -1.95. The van der Waals surface area contributed by atoms with Crippen molar-refractivity contribution in [3.05, 3.63) is 52.5 Å². The quantitative estimate of drug-likeness (QED) is 0.827. The second-order valence-electron chi connectivity index (χ2n) is 5.64. The first-order chi connectivity index (χ1) is 12.1. The van der Waals surface area contributed by atoms with E-state index in [2.05, 4.69) is 15.5 Å². The summed E-state index contributed by atoms with van der Waals surface area (Å²) in [6.45, 7) is 3.10. The summed E-state index contributed by atoms with van der Waals surface area (Å²) in [4.78, 5) is 14.5. The Bertz CT molecular complexity index is 749. The van der Waals surface area contributed by atoms with E-state index in [-0.39, 0.29) is 12.5 Å². The number of carbonyl (C=O) groups excluding carboxylic acids is 1. The molecule has 7 heteroatoms. The van der Waals surface area contributed by atoms with Crippen LogP contribution in [0.3, 0.4) is 0 Å². The van der Waals surface area contributed by atoms with Gasteiger partial charge in [-0.15, -0.1) is 0 Å². The number of hydrogen-bond donors (Lipinski definition) is 2. The second-order valence-corrected chi connectivity index (χ2v) is 6.49. The van der Waals surface area contributed by atoms with Crippen LogP contribution in [0.1, 0.15) is 0 Å². The Morgan fingerprint density at radius 1 is 1.08 bits per heavy atom. The highest BCUT2D eigenvalue weighted by atomic mass is 35.5. The van der Waals surface area contributed by atoms with Gasteiger partial charge in [0.25, 0.3) is 0 Å². The van der Waals surface area contributed by atoms with E-state index in [0.29, 0.717) is 28.9 Å². The SMILES string of the molecule is O=C(CNc1cc(Cl)ccc1Cl)Nc1ccccc1N1CCOCC1. The third-order valence-electron chi connectivity index (χ3n) is 3.90. The summed E-state index contributed by atoms with van der Waals surface area (Å²) in [7, 11) is 0. The van der Waals surface area contributed by atoms with E-state index in [1.165, 1.54) is 0 Å². The van der Waals surface area contributed by atoms with E-state index in [1.54, 1.807) is 18.2 Å². The van der Waals surface area contributed by atoms with Crippen LogP contribution in [0.2, 0.25) is 10.0 Å². The fourth-order valence-electron chi connectivity index (χ4n) is 2.66. The molecule has 1 aliphatic rings. The molecule has 1 saturated heterocycles. The lowest BCUT2D eigenvalue weighted by molar-refractivity contribution is -0.114. The van der Waals surface area contributed by atoms with Crippen molar-refractivity contribution in [3.8, 4) is 0 Å². The van der Waals surface area contributed by atoms with Gasteiger partial charge in [-0.2, -0.15) is 0 Å². The molecule has 3 rings (SSSR count). The summed E-state index contributed by atoms with van der Waals surface area (Å²) in [6, 6.07) is 12.9. The van der Waals surface area contributed by atoms with Gasteiger partial charge in [0.05, 0.1) is 41.8 Å². The highest BCUT2D eigenvalue weighted by molar-refractivity contribution is 6.35. The Kier molecular flexibility index (Phi) is 6.02. The van der Waals surface area contributed by atoms with Crippen molar-refractivity contribution in [3.63, 3.8) is 0 Å². The van der Waals surface area contributed by atoms with Crippen molar-refractivity contribution in [2.24, 2.45) is 0 Å². The van der Waals surface area contributed by atoms with Gasteiger partial charge in [-0.05, 0) is 30.3 Å². The first-order valence-corrected chi connectivity index (χ1v) is 8.79. The number of rotatable bonds is 5. The van der Waals surface area contributed by atoms with Crippen LogP contribution in [-0.4, -0.2) is 38.8 Å². The molecule has 5 nitrogen and oxygen atoms in total. The maximum absolute atomic E-state index is 12.3. The zero-order valence-electron chi connectivity index (χ0n) is 13.6. The van der Waals surface area contributed by atoms with E-state index < -0.39 is 0 Å². The molecule has 0 saturated carbocycles. The number of halogens is 2. The Morgan fingerprint density at radius 2 is 1.84 bits per heavy atom. The summed E-state index contributed by atoms with van der Waals surface area (Å²) in [5.74, 6) is -0.156. The average Bonchev–Trinajstić information content (AvgIpc) is 2.64. The number of hydrogen-bond acceptors (Lipinski definition) is 4. The molecule has 2 aromatic carbocycles. The zero-order valence-corrected chi connectivity index (χ0v) is 15.1. The predicted octanol–water partition coefficient (Wildman–Crippen LogP) is 3.88. The summed E-state index contributed by atoms with van der Waals surface area (Å²) in [5.41, 5.74) is 2.42. The molecule has 1 amide bonds. The number of ether oxygens (including phenoxy) is 1. The average molecular weight is 380 g/mol. The molecule has 2 N–H and O–H groups in total. The van der Waals surface area contributed by atoms with Crippen molar-refractivity contribution >= 4 is 46.2 Å². The number of para-hydroxylation sites is 2. The van der Waals surface area contributed by atoms with Gasteiger partial charge in [-0.25, -0.2) is 0 Å². The lowest BCUT2D eigenvalue weighted by Gasteiger charge is -2.30. The van der Waals surface area contributed by atoms with Gasteiger partial charge in [0.1, 0.15) is 0 Å². The first-order valence-electron chi connectivity index (χ1n) is 8.04. The smallest absolute Gasteiger partial charge is 0.243 e. The van der Waals surface area contributed by atoms with E-state index >= 15 is 0 Å². The minimum Gasteiger partial charge on any atom is -0.378 e. The van der Waals surface area contributed by atoms with Crippen LogP contribution < -0.4 is 15.5 Å². The molecule has 1 fully saturated rings. The van der Waals surface area contributed by atoms with Crippen molar-refractivity contribution in [1.82, 2.24) is 0 Å². The molecule has 1 aliphatic heterocycles. The van der Waals surface area contributed by atoms with E-state index in [1.807, 2.05) is 24.3 Å². The molecule has 0 aromatic heterocycles. The number of anilines is 3. The minimum atomic E-state index is -0.156. The van der Waals surface area contributed by atoms with Crippen LogP contribution in [0.15, 0.2) is 42.5 Å². The topological polar surface area (TPSA) is 53.6 Å². The molecule has 0 unspecified atom stereocenters. The standard InChI is InChI=1S/C18H19Cl2N3O2/c19-13-5-6-14(20)16(11-13)21-12-18(24)22-15-3-1-2-4-17(15)23-7-9-25-10-8-23/h1-6,11,21H,7-10,12H2,(H,22,24). The number of morpholine rings is 1. The molecule has 0 atom stereocenters. The van der Waals surface area contributed by atoms with Gasteiger partial charge in [0, 0.05) is 18.1 Å². The maximum Gasteiger partial charge on any atom is 0.243 e. The van der Waals surface area contributed by atoms with Crippen LogP contribution >= 0.6 is 23.2 Å². The lowest BCUT2D eigenvalue weighted by atomic mass is 10.2. The maximum atomic E-state index is 12.3. The summed E-state index contributed by atoms with van der Waals surface area (Å²) < 4.78 is 5.39. The molecule has 0 aliphatic carbocycles. The number of amides is 1. The lowest BCUT2D eigenvalue weighted by Crippen LogP contribution is -2.37. The van der Waals surface area contributed by atoms with Gasteiger partial charge >= 0.3 is 0 Å². The predicted molar refractivity (Wildman–Crippen MR) is 103 cm³/mol. The largest absolute Gasteiger partial charge is 0.378 e. The highest BCUT2D eigenvalue weighted by Gasteiger charge is 2.15. The molecule has 132 valence electrons. The van der Waals surface area contributed by atoms with Gasteiger partial charge in [0.2, 0.25) is 5.91 Å². The molecule has 2 aromatic rings. The highest BCUT2D eigenvalue weighted by Crippen LogP contribution is 2.27. The van der Waals surface area contributed by atoms with Crippen LogP contribution in [0.25, 0.3) is 0 Å². The normalized spacial score (nSPS) is 14.2. The monoisotopic (exact) mass is 379 g/mol. The number of nitrogens with zero attached hydrogens (tertiary/aromatic N) is 1. The third kappa shape index (κ3) is 4.78. The molecular formula is C18H19Cl2N3O2. The van der Waals surface area contributed by atoms with Gasteiger partial charge in [-0.3, -0.25) is 4.79 Å². The van der Waals surface area contributed by atoms with E-state index in [0.717, 1.165) is 24.5 Å². The summed E-state index contributed by atoms with van der Waals surface area (Å²) >= 11 is 12.0. The number of nitrogens with one attached hydrogen (secondary N) is 2. The Balaban J connectivity index is 1.64. The Labute approximate surface area is 156 Å². The first kappa shape index (κ1) is 17.9. The zero-order chi connectivity index (χ0) is 17.6. The Morgan fingerprint density at radius 3 is 2.64 bits per heavy atom. The van der Waals surface area contributed by atoms with Gasteiger partial charge < -0.3 is 20.3 Å². The third-order valence-corrected chi connectivity index (χ3v) is 4.46. The molecule has 0 bridgehead atoms. The van der Waals surface area contributed by atoms with Gasteiger partial charge in [0.15, 0.2) is 0 Å². The van der Waals surface area contributed by atoms with Crippen LogP contribution in [-0.2, 0) is 9.53 Å². The fraction of sp³-hybridized carbons (Fsp3) is 0.278. The summed E-state index contributed by atoms with van der Waals surface area (Å²) in [5, 5.41) is 7.04. The van der Waals surface area contributed by atoms with Crippen molar-refractivity contribution in [2.45, 2.75) is 0 Å². The number of carbonyl (C=O) groups is 1. The molecule has 0 radical (unpaired) electrons. The van der Waals surface area contributed by atoms with Gasteiger partial charge in [-0.1, -0.05) is 35.3 Å². The van der Waals surface area contributed by atoms with Crippen molar-refractivity contribution < 1.29 is 9.53 Å². The molecule has 25 heavy (non-hydrogen) atoms. The van der Waals surface area contributed by atoms with Crippen LogP contribution in [0, 0.1) is 0 Å². The number of benzene rings is 2. The van der Waals surface area contributed by atoms with Crippen LogP contribution in [0.5, 0.6) is 0 Å². The van der Waals surface area contributed by atoms with E-state index in [4.69, 9.17) is 27.9 Å². The van der Waals surface area contributed by atoms with Crippen LogP contribution in [0.4, 0.5) is 17.1 Å².